The van der Waals surface area contributed by atoms with Gasteiger partial charge in [-0.15, -0.1) is 0 Å². The Labute approximate surface area is 114 Å². The van der Waals surface area contributed by atoms with E-state index in [1.165, 1.54) is 0 Å². The lowest BCUT2D eigenvalue weighted by Crippen LogP contribution is -2.50. The maximum atomic E-state index is 12.2. The van der Waals surface area contributed by atoms with Gasteiger partial charge in [-0.1, -0.05) is 26.3 Å². The minimum absolute atomic E-state index is 0.0155. The lowest BCUT2D eigenvalue weighted by atomic mass is 9.68. The molecule has 19 heavy (non-hydrogen) atoms. The summed E-state index contributed by atoms with van der Waals surface area (Å²) in [6, 6.07) is 3.92. The van der Waals surface area contributed by atoms with Gasteiger partial charge >= 0.3 is 0 Å². The van der Waals surface area contributed by atoms with Gasteiger partial charge in [-0.3, -0.25) is 9.78 Å². The molecule has 0 saturated heterocycles. The molecule has 4 nitrogen and oxygen atoms in total. The van der Waals surface area contributed by atoms with Gasteiger partial charge in [0.1, 0.15) is 0 Å². The van der Waals surface area contributed by atoms with Crippen LogP contribution in [0.15, 0.2) is 24.5 Å². The van der Waals surface area contributed by atoms with Crippen LogP contribution in [0.4, 0.5) is 0 Å². The van der Waals surface area contributed by atoms with Crippen molar-refractivity contribution in [1.82, 2.24) is 10.3 Å². The predicted octanol–water partition coefficient (Wildman–Crippen LogP) is 1.64. The molecule has 0 aromatic carbocycles. The molecule has 104 valence electrons. The molecule has 0 radical (unpaired) electrons. The Morgan fingerprint density at radius 2 is 2.26 bits per heavy atom. The van der Waals surface area contributed by atoms with Crippen LogP contribution in [-0.4, -0.2) is 29.1 Å². The third-order valence-electron chi connectivity index (χ3n) is 4.23. The zero-order valence-electron chi connectivity index (χ0n) is 11.6. The van der Waals surface area contributed by atoms with Gasteiger partial charge in [0.15, 0.2) is 0 Å². The van der Waals surface area contributed by atoms with Gasteiger partial charge in [0.25, 0.3) is 0 Å². The summed E-state index contributed by atoms with van der Waals surface area (Å²) in [6.07, 6.45) is 6.19. The van der Waals surface area contributed by atoms with Crippen molar-refractivity contribution >= 4 is 5.91 Å². The third kappa shape index (κ3) is 2.78. The first kappa shape index (κ1) is 14.0. The average Bonchev–Trinajstić information content (AvgIpc) is 2.37. The smallest absolute Gasteiger partial charge is 0.228 e. The molecule has 1 saturated carbocycles. The van der Waals surface area contributed by atoms with Crippen molar-refractivity contribution in [1.29, 1.82) is 0 Å². The van der Waals surface area contributed by atoms with Crippen molar-refractivity contribution in [3.63, 3.8) is 0 Å². The first-order valence-corrected chi connectivity index (χ1v) is 6.80. The van der Waals surface area contributed by atoms with Crippen LogP contribution in [0.2, 0.25) is 0 Å². The number of hydrogen-bond donors (Lipinski definition) is 2. The molecule has 2 N–H and O–H groups in total. The van der Waals surface area contributed by atoms with Crippen molar-refractivity contribution in [3.8, 4) is 0 Å². The van der Waals surface area contributed by atoms with Crippen LogP contribution in [0.5, 0.6) is 0 Å². The zero-order valence-corrected chi connectivity index (χ0v) is 11.6. The molecule has 1 aromatic rings. The van der Waals surface area contributed by atoms with Crippen LogP contribution in [0.25, 0.3) is 0 Å². The van der Waals surface area contributed by atoms with Crippen molar-refractivity contribution in [2.24, 2.45) is 5.41 Å². The molecule has 1 fully saturated rings. The van der Waals surface area contributed by atoms with Gasteiger partial charge < -0.3 is 10.4 Å². The van der Waals surface area contributed by atoms with Crippen molar-refractivity contribution in [3.05, 3.63) is 30.1 Å². The number of nitrogens with one attached hydrogen (secondary N) is 1. The van der Waals surface area contributed by atoms with E-state index in [1.807, 2.05) is 18.3 Å². The van der Waals surface area contributed by atoms with E-state index in [0.717, 1.165) is 24.8 Å². The molecule has 4 heteroatoms. The number of carbonyl (C=O) groups excluding carboxylic acids is 1. The monoisotopic (exact) mass is 262 g/mol. The Balaban J connectivity index is 1.96. The topological polar surface area (TPSA) is 62.2 Å². The zero-order chi connectivity index (χ0) is 13.9. The number of carbonyl (C=O) groups is 1. The summed E-state index contributed by atoms with van der Waals surface area (Å²) < 4.78 is 0. The van der Waals surface area contributed by atoms with Gasteiger partial charge in [-0.05, 0) is 24.5 Å². The Hall–Kier alpha value is -1.42. The Morgan fingerprint density at radius 3 is 2.74 bits per heavy atom. The molecule has 0 spiro atoms. The number of hydrogen-bond acceptors (Lipinski definition) is 3. The van der Waals surface area contributed by atoms with Crippen LogP contribution >= 0.6 is 0 Å². The molecule has 2 rings (SSSR count). The van der Waals surface area contributed by atoms with Crippen molar-refractivity contribution < 1.29 is 9.90 Å². The maximum Gasteiger partial charge on any atom is 0.228 e. The van der Waals surface area contributed by atoms with E-state index in [0.29, 0.717) is 6.54 Å². The number of pyridine rings is 1. The highest BCUT2D eigenvalue weighted by molar-refractivity contribution is 5.83. The molecule has 0 unspecified atom stereocenters. The lowest BCUT2D eigenvalue weighted by Gasteiger charge is -2.39. The fourth-order valence-electron chi connectivity index (χ4n) is 2.41. The highest BCUT2D eigenvalue weighted by atomic mass is 16.3. The molecule has 0 bridgehead atoms. The minimum Gasteiger partial charge on any atom is -0.395 e. The third-order valence-corrected chi connectivity index (χ3v) is 4.23. The first-order valence-electron chi connectivity index (χ1n) is 6.80. The highest BCUT2D eigenvalue weighted by Crippen LogP contribution is 2.40. The van der Waals surface area contributed by atoms with Gasteiger partial charge in [-0.2, -0.15) is 0 Å². The van der Waals surface area contributed by atoms with Crippen LogP contribution < -0.4 is 5.32 Å². The summed E-state index contributed by atoms with van der Waals surface area (Å²) in [5.41, 5.74) is 0.414. The van der Waals surface area contributed by atoms with E-state index < -0.39 is 5.41 Å². The summed E-state index contributed by atoms with van der Waals surface area (Å²) in [5.74, 6) is -0.0155. The van der Waals surface area contributed by atoms with E-state index >= 15 is 0 Å². The predicted molar refractivity (Wildman–Crippen MR) is 73.6 cm³/mol. The van der Waals surface area contributed by atoms with Gasteiger partial charge in [-0.25, -0.2) is 0 Å². The summed E-state index contributed by atoms with van der Waals surface area (Å²) in [5, 5.41) is 12.4. The standard InChI is InChI=1S/C15H22N2O2/c1-14(2,12-5-3-8-16-9-12)10-17-13(19)15(11-18)6-4-7-15/h3,5,8-9,18H,4,6-7,10-11H2,1-2H3,(H,17,19). The quantitative estimate of drug-likeness (QED) is 0.848. The maximum absolute atomic E-state index is 12.2. The molecule has 1 aromatic heterocycles. The largest absolute Gasteiger partial charge is 0.395 e. The Morgan fingerprint density at radius 1 is 1.53 bits per heavy atom. The van der Waals surface area contributed by atoms with Gasteiger partial charge in [0, 0.05) is 24.4 Å². The fraction of sp³-hybridized carbons (Fsp3) is 0.600. The van der Waals surface area contributed by atoms with Crippen molar-refractivity contribution in [2.45, 2.75) is 38.5 Å². The average molecular weight is 262 g/mol. The van der Waals surface area contributed by atoms with Gasteiger partial charge in [0.05, 0.1) is 12.0 Å². The summed E-state index contributed by atoms with van der Waals surface area (Å²) in [7, 11) is 0. The molecule has 0 aliphatic heterocycles. The van der Waals surface area contributed by atoms with Crippen LogP contribution in [0.3, 0.4) is 0 Å². The number of nitrogens with zero attached hydrogens (tertiary/aromatic N) is 1. The second-order valence-electron chi connectivity index (χ2n) is 6.10. The van der Waals surface area contributed by atoms with Crippen LogP contribution in [-0.2, 0) is 10.2 Å². The number of rotatable bonds is 5. The lowest BCUT2D eigenvalue weighted by molar-refractivity contribution is -0.139. The molecular weight excluding hydrogens is 240 g/mol. The number of aromatic nitrogens is 1. The van der Waals surface area contributed by atoms with E-state index in [9.17, 15) is 9.90 Å². The minimum atomic E-state index is -0.523. The van der Waals surface area contributed by atoms with E-state index in [2.05, 4.69) is 24.1 Å². The van der Waals surface area contributed by atoms with E-state index in [1.54, 1.807) is 6.20 Å². The molecule has 1 aliphatic rings. The SMILES string of the molecule is CC(C)(CNC(=O)C1(CO)CCC1)c1cccnc1. The summed E-state index contributed by atoms with van der Waals surface area (Å²) >= 11 is 0. The first-order chi connectivity index (χ1) is 9.00. The summed E-state index contributed by atoms with van der Waals surface area (Å²) in [6.45, 7) is 4.67. The van der Waals surface area contributed by atoms with Crippen LogP contribution in [0, 0.1) is 5.41 Å². The van der Waals surface area contributed by atoms with E-state index in [-0.39, 0.29) is 17.9 Å². The number of amides is 1. The normalized spacial score (nSPS) is 17.6. The summed E-state index contributed by atoms with van der Waals surface area (Å²) in [4.78, 5) is 16.3. The van der Waals surface area contributed by atoms with Crippen LogP contribution in [0.1, 0.15) is 38.7 Å². The number of aliphatic hydroxyl groups excluding tert-OH is 1. The highest BCUT2D eigenvalue weighted by Gasteiger charge is 2.43. The Kier molecular flexibility index (Phi) is 3.90. The molecule has 0 atom stereocenters. The molecular formula is C15H22N2O2. The van der Waals surface area contributed by atoms with Crippen molar-refractivity contribution in [2.75, 3.05) is 13.2 Å². The second kappa shape index (κ2) is 5.29. The second-order valence-corrected chi connectivity index (χ2v) is 6.10. The molecule has 1 aliphatic carbocycles. The number of aliphatic hydroxyl groups is 1. The Bertz CT molecular complexity index is 433. The fourth-order valence-corrected chi connectivity index (χ4v) is 2.41. The van der Waals surface area contributed by atoms with Gasteiger partial charge in [0.2, 0.25) is 5.91 Å². The molecule has 1 amide bonds. The molecule has 1 heterocycles. The van der Waals surface area contributed by atoms with E-state index in [4.69, 9.17) is 0 Å².